The molecular weight excluding hydrogens is 224 g/mol. The summed E-state index contributed by atoms with van der Waals surface area (Å²) in [5.41, 5.74) is 0. The van der Waals surface area contributed by atoms with Gasteiger partial charge in [-0.25, -0.2) is 0 Å². The molecule has 0 aromatic rings. The molecule has 0 aromatic carbocycles. The molecule has 2 fully saturated rings. The Labute approximate surface area is 112 Å². The van der Waals surface area contributed by atoms with Crippen LogP contribution >= 0.6 is 0 Å². The van der Waals surface area contributed by atoms with Crippen LogP contribution in [0.1, 0.15) is 46.0 Å². The Bertz CT molecular complexity index is 239. The van der Waals surface area contributed by atoms with Crippen molar-refractivity contribution in [2.24, 2.45) is 11.8 Å². The van der Waals surface area contributed by atoms with Gasteiger partial charge < -0.3 is 10.4 Å². The molecule has 0 amide bonds. The van der Waals surface area contributed by atoms with Crippen molar-refractivity contribution in [2.75, 3.05) is 26.2 Å². The number of aliphatic hydroxyl groups excluding tert-OH is 1. The second kappa shape index (κ2) is 6.88. The summed E-state index contributed by atoms with van der Waals surface area (Å²) in [6.07, 6.45) is 6.74. The average Bonchev–Trinajstić information content (AvgIpc) is 3.16. The Morgan fingerprint density at radius 2 is 2.00 bits per heavy atom. The molecule has 3 atom stereocenters. The summed E-state index contributed by atoms with van der Waals surface area (Å²) in [6, 6.07) is 1.47. The first-order valence-electron chi connectivity index (χ1n) is 7.82. The quantitative estimate of drug-likeness (QED) is 0.728. The van der Waals surface area contributed by atoms with Gasteiger partial charge in [0.05, 0.1) is 6.61 Å². The molecule has 3 unspecified atom stereocenters. The van der Waals surface area contributed by atoms with Gasteiger partial charge in [-0.05, 0) is 50.5 Å². The number of hydrogen-bond donors (Lipinski definition) is 2. The van der Waals surface area contributed by atoms with Crippen molar-refractivity contribution in [1.29, 1.82) is 0 Å². The van der Waals surface area contributed by atoms with Crippen LogP contribution in [0.3, 0.4) is 0 Å². The van der Waals surface area contributed by atoms with Crippen LogP contribution in [0, 0.1) is 11.8 Å². The highest BCUT2D eigenvalue weighted by atomic mass is 16.3. The number of rotatable bonds is 7. The lowest BCUT2D eigenvalue weighted by Gasteiger charge is -2.38. The molecule has 106 valence electrons. The molecular formula is C15H30N2O. The van der Waals surface area contributed by atoms with Gasteiger partial charge in [0.2, 0.25) is 0 Å². The average molecular weight is 254 g/mol. The topological polar surface area (TPSA) is 35.5 Å². The fraction of sp³-hybridized carbons (Fsp3) is 1.00. The Morgan fingerprint density at radius 1 is 1.22 bits per heavy atom. The Kier molecular flexibility index (Phi) is 5.46. The summed E-state index contributed by atoms with van der Waals surface area (Å²) < 4.78 is 0. The van der Waals surface area contributed by atoms with Gasteiger partial charge in [0.15, 0.2) is 0 Å². The minimum Gasteiger partial charge on any atom is -0.395 e. The third-order valence-corrected chi connectivity index (χ3v) is 4.63. The molecule has 2 rings (SSSR count). The van der Waals surface area contributed by atoms with Crippen molar-refractivity contribution in [3.05, 3.63) is 0 Å². The zero-order valence-corrected chi connectivity index (χ0v) is 12.1. The van der Waals surface area contributed by atoms with E-state index in [9.17, 15) is 5.11 Å². The molecule has 0 bridgehead atoms. The lowest BCUT2D eigenvalue weighted by molar-refractivity contribution is 0.121. The summed E-state index contributed by atoms with van der Waals surface area (Å²) in [4.78, 5) is 2.53. The second-order valence-electron chi connectivity index (χ2n) is 6.29. The molecule has 2 aliphatic rings. The van der Waals surface area contributed by atoms with Crippen molar-refractivity contribution in [3.8, 4) is 0 Å². The van der Waals surface area contributed by atoms with Crippen LogP contribution in [0.4, 0.5) is 0 Å². The standard InChI is InChI=1S/C15H30N2O/c1-3-16-15-7-4-12(2)10-13(15)11-17(8-9-18)14-5-6-14/h12-16,18H,3-11H2,1-2H3. The van der Waals surface area contributed by atoms with Crippen LogP contribution in [-0.2, 0) is 0 Å². The highest BCUT2D eigenvalue weighted by Crippen LogP contribution is 2.33. The highest BCUT2D eigenvalue weighted by Gasteiger charge is 2.34. The molecule has 3 nitrogen and oxygen atoms in total. The monoisotopic (exact) mass is 254 g/mol. The normalized spacial score (nSPS) is 33.0. The van der Waals surface area contributed by atoms with E-state index in [-0.39, 0.29) is 0 Å². The Balaban J connectivity index is 1.89. The number of hydrogen-bond acceptors (Lipinski definition) is 3. The summed E-state index contributed by atoms with van der Waals surface area (Å²) in [6.45, 7) is 8.05. The molecule has 0 spiro atoms. The van der Waals surface area contributed by atoms with E-state index < -0.39 is 0 Å². The maximum atomic E-state index is 9.21. The van der Waals surface area contributed by atoms with E-state index >= 15 is 0 Å². The summed E-state index contributed by atoms with van der Waals surface area (Å²) in [7, 11) is 0. The molecule has 0 radical (unpaired) electrons. The molecule has 2 aliphatic carbocycles. The Hall–Kier alpha value is -0.120. The zero-order chi connectivity index (χ0) is 13.0. The van der Waals surface area contributed by atoms with Gasteiger partial charge in [-0.1, -0.05) is 13.8 Å². The van der Waals surface area contributed by atoms with Crippen LogP contribution < -0.4 is 5.32 Å². The van der Waals surface area contributed by atoms with E-state index in [4.69, 9.17) is 0 Å². The highest BCUT2D eigenvalue weighted by molar-refractivity contribution is 4.90. The fourth-order valence-corrected chi connectivity index (χ4v) is 3.52. The van der Waals surface area contributed by atoms with Crippen molar-refractivity contribution >= 4 is 0 Å². The molecule has 0 saturated heterocycles. The van der Waals surface area contributed by atoms with E-state index in [0.29, 0.717) is 12.6 Å². The van der Waals surface area contributed by atoms with E-state index in [0.717, 1.165) is 31.0 Å². The van der Waals surface area contributed by atoms with Gasteiger partial charge in [-0.2, -0.15) is 0 Å². The summed E-state index contributed by atoms with van der Waals surface area (Å²) in [5, 5.41) is 12.9. The van der Waals surface area contributed by atoms with Gasteiger partial charge in [0.1, 0.15) is 0 Å². The van der Waals surface area contributed by atoms with Gasteiger partial charge in [0.25, 0.3) is 0 Å². The number of aliphatic hydroxyl groups is 1. The minimum absolute atomic E-state index is 0.310. The first-order chi connectivity index (χ1) is 8.74. The number of nitrogens with one attached hydrogen (secondary N) is 1. The van der Waals surface area contributed by atoms with Crippen LogP contribution in [0.5, 0.6) is 0 Å². The summed E-state index contributed by atoms with van der Waals surface area (Å²) >= 11 is 0. The van der Waals surface area contributed by atoms with Crippen molar-refractivity contribution in [1.82, 2.24) is 10.2 Å². The van der Waals surface area contributed by atoms with Crippen LogP contribution in [0.25, 0.3) is 0 Å². The predicted molar refractivity (Wildman–Crippen MR) is 75.7 cm³/mol. The van der Waals surface area contributed by atoms with Crippen molar-refractivity contribution < 1.29 is 5.11 Å². The van der Waals surface area contributed by atoms with Crippen LogP contribution in [-0.4, -0.2) is 48.3 Å². The minimum atomic E-state index is 0.310. The molecule has 2 N–H and O–H groups in total. The van der Waals surface area contributed by atoms with Crippen LogP contribution in [0.15, 0.2) is 0 Å². The second-order valence-corrected chi connectivity index (χ2v) is 6.29. The third kappa shape index (κ3) is 3.94. The van der Waals surface area contributed by atoms with Crippen LogP contribution in [0.2, 0.25) is 0 Å². The van der Waals surface area contributed by atoms with Crippen molar-refractivity contribution in [3.63, 3.8) is 0 Å². The van der Waals surface area contributed by atoms with E-state index in [1.54, 1.807) is 0 Å². The zero-order valence-electron chi connectivity index (χ0n) is 12.1. The molecule has 18 heavy (non-hydrogen) atoms. The van der Waals surface area contributed by atoms with Gasteiger partial charge >= 0.3 is 0 Å². The molecule has 0 aliphatic heterocycles. The lowest BCUT2D eigenvalue weighted by atomic mass is 9.78. The smallest absolute Gasteiger partial charge is 0.0558 e. The van der Waals surface area contributed by atoms with Crippen molar-refractivity contribution in [2.45, 2.75) is 58.0 Å². The van der Waals surface area contributed by atoms with E-state index in [1.807, 2.05) is 0 Å². The molecule has 3 heteroatoms. The first-order valence-corrected chi connectivity index (χ1v) is 7.82. The lowest BCUT2D eigenvalue weighted by Crippen LogP contribution is -2.46. The SMILES string of the molecule is CCNC1CCC(C)CC1CN(CCO)C1CC1. The van der Waals surface area contributed by atoms with E-state index in [2.05, 4.69) is 24.1 Å². The third-order valence-electron chi connectivity index (χ3n) is 4.63. The van der Waals surface area contributed by atoms with Gasteiger partial charge in [-0.3, -0.25) is 4.90 Å². The van der Waals surface area contributed by atoms with E-state index in [1.165, 1.54) is 38.6 Å². The maximum Gasteiger partial charge on any atom is 0.0558 e. The number of nitrogens with zero attached hydrogens (tertiary/aromatic N) is 1. The first kappa shape index (κ1) is 14.3. The Morgan fingerprint density at radius 3 is 2.61 bits per heavy atom. The van der Waals surface area contributed by atoms with Gasteiger partial charge in [0, 0.05) is 25.2 Å². The predicted octanol–water partition coefficient (Wildman–Crippen LogP) is 1.86. The van der Waals surface area contributed by atoms with Gasteiger partial charge in [-0.15, -0.1) is 0 Å². The fourth-order valence-electron chi connectivity index (χ4n) is 3.52. The maximum absolute atomic E-state index is 9.21. The molecule has 2 saturated carbocycles. The molecule has 0 heterocycles. The summed E-state index contributed by atoms with van der Waals surface area (Å²) in [5.74, 6) is 1.65. The largest absolute Gasteiger partial charge is 0.395 e. The molecule has 0 aromatic heterocycles.